The smallest absolute Gasteiger partial charge is 0.164 e. The zero-order valence-corrected chi connectivity index (χ0v) is 22.7. The van der Waals surface area contributed by atoms with Gasteiger partial charge in [0.1, 0.15) is 0 Å². The van der Waals surface area contributed by atoms with Gasteiger partial charge in [-0.25, -0.2) is 15.0 Å². The molecule has 1 atom stereocenters. The third-order valence-electron chi connectivity index (χ3n) is 7.40. The van der Waals surface area contributed by atoms with Gasteiger partial charge in [-0.3, -0.25) is 0 Å². The van der Waals surface area contributed by atoms with Crippen molar-refractivity contribution >= 4 is 31.2 Å². The maximum Gasteiger partial charge on any atom is 0.164 e. The summed E-state index contributed by atoms with van der Waals surface area (Å²) >= 11 is 3.77. The molecule has 3 nitrogen and oxygen atoms in total. The Morgan fingerprint density at radius 1 is 0.487 bits per heavy atom. The van der Waals surface area contributed by atoms with E-state index >= 15 is 0 Å². The molecule has 4 heteroatoms. The van der Waals surface area contributed by atoms with Crippen LogP contribution in [0.3, 0.4) is 0 Å². The molecule has 1 heterocycles. The van der Waals surface area contributed by atoms with Crippen LogP contribution >= 0.6 is 15.9 Å². The van der Waals surface area contributed by atoms with Crippen molar-refractivity contribution in [2.24, 2.45) is 0 Å². The number of hydrogen-bond donors (Lipinski definition) is 0. The first-order valence-corrected chi connectivity index (χ1v) is 13.9. The van der Waals surface area contributed by atoms with E-state index in [1.807, 2.05) is 60.7 Å². The fourth-order valence-electron chi connectivity index (χ4n) is 5.52. The average molecular weight is 567 g/mol. The van der Waals surface area contributed by atoms with Gasteiger partial charge in [0.05, 0.1) is 0 Å². The Balaban J connectivity index is 1.42. The minimum absolute atomic E-state index is 0.277. The summed E-state index contributed by atoms with van der Waals surface area (Å²) in [5.74, 6) is 2.30. The van der Waals surface area contributed by atoms with Crippen LogP contribution in [-0.2, 0) is 0 Å². The molecule has 0 N–H and O–H groups in total. The quantitative estimate of drug-likeness (QED) is 0.214. The van der Waals surface area contributed by atoms with E-state index < -0.39 is 0 Å². The molecule has 0 radical (unpaired) electrons. The van der Waals surface area contributed by atoms with E-state index in [0.717, 1.165) is 28.5 Å². The molecule has 0 saturated heterocycles. The fourth-order valence-corrected chi connectivity index (χ4v) is 6.07. The summed E-state index contributed by atoms with van der Waals surface area (Å²) in [7, 11) is 0. The summed E-state index contributed by atoms with van der Waals surface area (Å²) in [6.07, 6.45) is 3.24. The summed E-state index contributed by atoms with van der Waals surface area (Å²) in [4.78, 5) is 14.9. The number of benzene rings is 5. The molecule has 0 spiro atoms. The molecule has 0 saturated carbocycles. The number of nitrogens with zero attached hydrogens (tertiary/aromatic N) is 3. The van der Waals surface area contributed by atoms with Gasteiger partial charge in [-0.1, -0.05) is 143 Å². The number of fused-ring (bicyclic) bond motifs is 2. The van der Waals surface area contributed by atoms with Gasteiger partial charge in [-0.15, -0.1) is 0 Å². The lowest BCUT2D eigenvalue weighted by molar-refractivity contribution is 0.826. The first-order chi connectivity index (χ1) is 19.3. The van der Waals surface area contributed by atoms with Gasteiger partial charge < -0.3 is 0 Å². The van der Waals surface area contributed by atoms with Crippen molar-refractivity contribution in [3.05, 3.63) is 144 Å². The number of allylic oxidation sites excluding steroid dienone is 1. The third kappa shape index (κ3) is 4.37. The Hall–Kier alpha value is -4.41. The maximum absolute atomic E-state index is 5.00. The van der Waals surface area contributed by atoms with E-state index in [9.17, 15) is 0 Å². The second kappa shape index (κ2) is 10.0. The van der Waals surface area contributed by atoms with Crippen LogP contribution in [-0.4, -0.2) is 15.0 Å². The molecule has 1 aliphatic carbocycles. The minimum Gasteiger partial charge on any atom is -0.208 e. The first kappa shape index (κ1) is 23.7. The van der Waals surface area contributed by atoms with Crippen LogP contribution in [0.1, 0.15) is 29.0 Å². The first-order valence-electron chi connectivity index (χ1n) is 13.1. The zero-order chi connectivity index (χ0) is 26.2. The topological polar surface area (TPSA) is 38.7 Å². The molecular formula is C35H24BrN3. The maximum atomic E-state index is 5.00. The Morgan fingerprint density at radius 3 is 1.74 bits per heavy atom. The summed E-state index contributed by atoms with van der Waals surface area (Å²) in [5, 5.41) is 2.37. The third-order valence-corrected chi connectivity index (χ3v) is 8.15. The SMILES string of the molecule is BrC1=CCC(c2ccc(-c3nc(-c4ccccc4)nc(-c4ccccc4)n3)c3ccccc23)c2ccccc21. The molecule has 6 aromatic rings. The highest BCUT2D eigenvalue weighted by atomic mass is 79.9. The van der Waals surface area contributed by atoms with Crippen LogP contribution in [0, 0.1) is 0 Å². The van der Waals surface area contributed by atoms with E-state index in [1.54, 1.807) is 0 Å². The predicted octanol–water partition coefficient (Wildman–Crippen LogP) is 9.30. The Morgan fingerprint density at radius 2 is 1.05 bits per heavy atom. The van der Waals surface area contributed by atoms with Crippen molar-refractivity contribution in [3.63, 3.8) is 0 Å². The van der Waals surface area contributed by atoms with Crippen LogP contribution in [0.15, 0.2) is 127 Å². The van der Waals surface area contributed by atoms with Crippen molar-refractivity contribution in [1.82, 2.24) is 15.0 Å². The number of aromatic nitrogens is 3. The van der Waals surface area contributed by atoms with Crippen molar-refractivity contribution in [3.8, 4) is 34.2 Å². The lowest BCUT2D eigenvalue weighted by Gasteiger charge is -2.26. The Labute approximate surface area is 236 Å². The molecule has 0 fully saturated rings. The Bertz CT molecular complexity index is 1790. The molecule has 1 aliphatic rings. The van der Waals surface area contributed by atoms with Gasteiger partial charge in [0, 0.05) is 27.1 Å². The van der Waals surface area contributed by atoms with Gasteiger partial charge in [-0.2, -0.15) is 0 Å². The molecule has 39 heavy (non-hydrogen) atoms. The van der Waals surface area contributed by atoms with Gasteiger partial charge in [0.2, 0.25) is 0 Å². The minimum atomic E-state index is 0.277. The van der Waals surface area contributed by atoms with Crippen molar-refractivity contribution in [2.45, 2.75) is 12.3 Å². The van der Waals surface area contributed by atoms with Crippen molar-refractivity contribution in [2.75, 3.05) is 0 Å². The summed E-state index contributed by atoms with van der Waals surface area (Å²) in [5.41, 5.74) is 6.87. The second-order valence-corrected chi connectivity index (χ2v) is 10.6. The van der Waals surface area contributed by atoms with Crippen LogP contribution < -0.4 is 0 Å². The molecule has 186 valence electrons. The predicted molar refractivity (Wildman–Crippen MR) is 163 cm³/mol. The highest BCUT2D eigenvalue weighted by Crippen LogP contribution is 2.44. The standard InChI is InChI=1S/C35H24BrN3/c36-32-22-21-29(26-16-9-10-18-30(26)32)28-19-20-31(27-17-8-7-15-25(27)28)35-38-33(23-11-3-1-4-12-23)37-34(39-35)24-13-5-2-6-14-24/h1-20,22,29H,21H2. The highest BCUT2D eigenvalue weighted by Gasteiger charge is 2.24. The summed E-state index contributed by atoms with van der Waals surface area (Å²) in [6.45, 7) is 0. The zero-order valence-electron chi connectivity index (χ0n) is 21.1. The van der Waals surface area contributed by atoms with Crippen LogP contribution in [0.25, 0.3) is 49.4 Å². The largest absolute Gasteiger partial charge is 0.208 e. The number of rotatable bonds is 4. The van der Waals surface area contributed by atoms with Gasteiger partial charge in [0.25, 0.3) is 0 Å². The van der Waals surface area contributed by atoms with Crippen LogP contribution in [0.4, 0.5) is 0 Å². The molecular weight excluding hydrogens is 542 g/mol. The molecule has 5 aromatic carbocycles. The van der Waals surface area contributed by atoms with Gasteiger partial charge in [0.15, 0.2) is 17.5 Å². The summed E-state index contributed by atoms with van der Waals surface area (Å²) in [6, 6.07) is 42.0. The second-order valence-electron chi connectivity index (χ2n) is 9.71. The van der Waals surface area contributed by atoms with Gasteiger partial charge >= 0.3 is 0 Å². The molecule has 0 aliphatic heterocycles. The van der Waals surface area contributed by atoms with E-state index in [1.165, 1.54) is 26.6 Å². The lowest BCUT2D eigenvalue weighted by atomic mass is 9.80. The van der Waals surface area contributed by atoms with Crippen molar-refractivity contribution in [1.29, 1.82) is 0 Å². The van der Waals surface area contributed by atoms with Crippen molar-refractivity contribution < 1.29 is 0 Å². The van der Waals surface area contributed by atoms with Crippen LogP contribution in [0.5, 0.6) is 0 Å². The van der Waals surface area contributed by atoms with E-state index in [2.05, 4.69) is 82.7 Å². The van der Waals surface area contributed by atoms with E-state index in [0.29, 0.717) is 17.5 Å². The average Bonchev–Trinajstić information content (AvgIpc) is 3.02. The number of halogens is 1. The van der Waals surface area contributed by atoms with Gasteiger partial charge in [-0.05, 0) is 33.9 Å². The molecule has 0 amide bonds. The normalized spacial score (nSPS) is 14.6. The van der Waals surface area contributed by atoms with Crippen LogP contribution in [0.2, 0.25) is 0 Å². The van der Waals surface area contributed by atoms with E-state index in [-0.39, 0.29) is 5.92 Å². The molecule has 1 unspecified atom stereocenters. The molecule has 1 aromatic heterocycles. The highest BCUT2D eigenvalue weighted by molar-refractivity contribution is 9.15. The number of hydrogen-bond acceptors (Lipinski definition) is 3. The Kier molecular flexibility index (Phi) is 6.10. The van der Waals surface area contributed by atoms with E-state index in [4.69, 9.17) is 15.0 Å². The molecule has 0 bridgehead atoms. The monoisotopic (exact) mass is 565 g/mol. The summed E-state index contributed by atoms with van der Waals surface area (Å²) < 4.78 is 1.17. The molecule has 7 rings (SSSR count). The lowest BCUT2D eigenvalue weighted by Crippen LogP contribution is -2.08. The fraction of sp³-hybridized carbons (Fsp3) is 0.0571.